The Morgan fingerprint density at radius 1 is 1.30 bits per heavy atom. The van der Waals surface area contributed by atoms with Crippen molar-refractivity contribution in [2.75, 3.05) is 5.32 Å². The van der Waals surface area contributed by atoms with Crippen molar-refractivity contribution in [3.05, 3.63) is 5.01 Å². The predicted molar refractivity (Wildman–Crippen MR) is 61.0 cm³/mol. The second-order valence-electron chi connectivity index (χ2n) is 3.99. The number of hydrogen-bond acceptors (Lipinski definition) is 4. The average molecular weight is 356 g/mol. The highest BCUT2D eigenvalue weighted by atomic mass is 35.5. The molecular weight excluding hydrogens is 352 g/mol. The SMILES string of the molecule is O=C(Nc1nnc(C(F)(F)C(F)(F)F)s1)C1CC1(Cl)Cl. The van der Waals surface area contributed by atoms with Crippen LogP contribution in [-0.2, 0) is 10.7 Å². The van der Waals surface area contributed by atoms with Gasteiger partial charge in [-0.1, -0.05) is 11.3 Å². The second-order valence-corrected chi connectivity index (χ2v) is 6.51. The predicted octanol–water partition coefficient (Wildman–Crippen LogP) is 3.32. The summed E-state index contributed by atoms with van der Waals surface area (Å²) < 4.78 is 60.9. The first-order valence-electron chi connectivity index (χ1n) is 4.92. The number of aromatic nitrogens is 2. The molecule has 0 radical (unpaired) electrons. The van der Waals surface area contributed by atoms with Crippen molar-refractivity contribution in [3.8, 4) is 0 Å². The lowest BCUT2D eigenvalue weighted by atomic mass is 10.3. The minimum Gasteiger partial charge on any atom is -0.300 e. The van der Waals surface area contributed by atoms with Crippen LogP contribution in [0.15, 0.2) is 0 Å². The summed E-state index contributed by atoms with van der Waals surface area (Å²) in [5.41, 5.74) is 0. The van der Waals surface area contributed by atoms with E-state index < -0.39 is 38.4 Å². The van der Waals surface area contributed by atoms with Crippen molar-refractivity contribution in [2.24, 2.45) is 5.92 Å². The fourth-order valence-corrected chi connectivity index (χ4v) is 2.46. The van der Waals surface area contributed by atoms with Crippen LogP contribution in [0.1, 0.15) is 11.4 Å². The fourth-order valence-electron chi connectivity index (χ4n) is 1.21. The molecule has 1 unspecified atom stereocenters. The van der Waals surface area contributed by atoms with Gasteiger partial charge in [-0.2, -0.15) is 22.0 Å². The first-order chi connectivity index (χ1) is 8.95. The minimum atomic E-state index is -5.79. The molecule has 0 saturated heterocycles. The summed E-state index contributed by atoms with van der Waals surface area (Å²) in [6.07, 6.45) is -5.63. The van der Waals surface area contributed by atoms with E-state index in [2.05, 4.69) is 10.2 Å². The standard InChI is InChI=1S/C8H4Cl2F5N3OS/c9-6(10)1-2(6)3(19)16-5-18-17-4(20-5)7(11,12)8(13,14)15/h2H,1H2,(H,16,18,19). The molecule has 1 aliphatic carbocycles. The fraction of sp³-hybridized carbons (Fsp3) is 0.625. The van der Waals surface area contributed by atoms with E-state index in [1.165, 1.54) is 0 Å². The van der Waals surface area contributed by atoms with Crippen LogP contribution in [0.2, 0.25) is 0 Å². The van der Waals surface area contributed by atoms with E-state index in [4.69, 9.17) is 23.2 Å². The molecule has 12 heteroatoms. The molecule has 20 heavy (non-hydrogen) atoms. The number of halogens is 7. The van der Waals surface area contributed by atoms with Gasteiger partial charge in [0.1, 0.15) is 4.33 Å². The van der Waals surface area contributed by atoms with Crippen LogP contribution < -0.4 is 5.32 Å². The van der Waals surface area contributed by atoms with Crippen molar-refractivity contribution in [3.63, 3.8) is 0 Å². The van der Waals surface area contributed by atoms with Crippen LogP contribution >= 0.6 is 34.5 Å². The van der Waals surface area contributed by atoms with Crippen LogP contribution in [0.3, 0.4) is 0 Å². The molecule has 0 bridgehead atoms. The Bertz CT molecular complexity index is 546. The van der Waals surface area contributed by atoms with E-state index in [9.17, 15) is 26.7 Å². The van der Waals surface area contributed by atoms with Gasteiger partial charge < -0.3 is 5.32 Å². The lowest BCUT2D eigenvalue weighted by Crippen LogP contribution is -2.33. The summed E-state index contributed by atoms with van der Waals surface area (Å²) in [4.78, 5) is 11.5. The smallest absolute Gasteiger partial charge is 0.300 e. The van der Waals surface area contributed by atoms with Gasteiger partial charge in [0.15, 0.2) is 5.01 Å². The molecule has 0 spiro atoms. The van der Waals surface area contributed by atoms with Gasteiger partial charge in [-0.05, 0) is 6.42 Å². The number of rotatable bonds is 3. The maximum absolute atomic E-state index is 12.9. The Balaban J connectivity index is 2.09. The van der Waals surface area contributed by atoms with Gasteiger partial charge in [-0.15, -0.1) is 33.4 Å². The molecule has 4 nitrogen and oxygen atoms in total. The van der Waals surface area contributed by atoms with Gasteiger partial charge in [0.05, 0.1) is 5.92 Å². The molecule has 1 aliphatic rings. The number of nitrogens with zero attached hydrogens (tertiary/aromatic N) is 2. The van der Waals surface area contributed by atoms with E-state index in [0.29, 0.717) is 0 Å². The number of nitrogens with one attached hydrogen (secondary N) is 1. The second kappa shape index (κ2) is 4.63. The quantitative estimate of drug-likeness (QED) is 0.668. The zero-order valence-electron chi connectivity index (χ0n) is 9.14. The molecule has 1 amide bonds. The van der Waals surface area contributed by atoms with Crippen molar-refractivity contribution in [1.29, 1.82) is 0 Å². The third-order valence-corrected chi connectivity index (χ3v) is 4.17. The van der Waals surface area contributed by atoms with Gasteiger partial charge in [0.2, 0.25) is 11.0 Å². The molecule has 1 saturated carbocycles. The third-order valence-electron chi connectivity index (χ3n) is 2.42. The van der Waals surface area contributed by atoms with Crippen LogP contribution in [-0.4, -0.2) is 26.6 Å². The van der Waals surface area contributed by atoms with Crippen molar-refractivity contribution in [1.82, 2.24) is 10.2 Å². The number of carbonyl (C=O) groups excluding carboxylic acids is 1. The number of amides is 1. The molecule has 1 aromatic rings. The molecule has 1 heterocycles. The highest BCUT2D eigenvalue weighted by Crippen LogP contribution is 2.53. The lowest BCUT2D eigenvalue weighted by molar-refractivity contribution is -0.289. The largest absolute Gasteiger partial charge is 0.460 e. The summed E-state index contributed by atoms with van der Waals surface area (Å²) in [7, 11) is 0. The zero-order valence-corrected chi connectivity index (χ0v) is 11.5. The molecule has 1 N–H and O–H groups in total. The zero-order chi connectivity index (χ0) is 15.3. The normalized spacial score (nSPS) is 21.6. The highest BCUT2D eigenvalue weighted by molar-refractivity contribution is 7.15. The number of hydrogen-bond donors (Lipinski definition) is 1. The Morgan fingerprint density at radius 3 is 2.30 bits per heavy atom. The maximum Gasteiger partial charge on any atom is 0.460 e. The summed E-state index contributed by atoms with van der Waals surface area (Å²) in [6, 6.07) is 0. The molecule has 2 rings (SSSR count). The molecule has 0 aromatic carbocycles. The Hall–Kier alpha value is -0.740. The van der Waals surface area contributed by atoms with Gasteiger partial charge in [0, 0.05) is 0 Å². The van der Waals surface area contributed by atoms with Gasteiger partial charge in [0.25, 0.3) is 0 Å². The van der Waals surface area contributed by atoms with E-state index in [1.54, 1.807) is 0 Å². The topological polar surface area (TPSA) is 54.9 Å². The van der Waals surface area contributed by atoms with E-state index >= 15 is 0 Å². The van der Waals surface area contributed by atoms with Crippen molar-refractivity contribution in [2.45, 2.75) is 22.9 Å². The van der Waals surface area contributed by atoms with Crippen LogP contribution in [0.5, 0.6) is 0 Å². The van der Waals surface area contributed by atoms with Gasteiger partial charge in [-0.25, -0.2) is 0 Å². The average Bonchev–Trinajstić information content (AvgIpc) is 2.72. The van der Waals surface area contributed by atoms with Gasteiger partial charge in [-0.3, -0.25) is 4.79 Å². The maximum atomic E-state index is 12.9. The summed E-state index contributed by atoms with van der Waals surface area (Å²) in [5, 5.41) is 5.81. The summed E-state index contributed by atoms with van der Waals surface area (Å²) in [5.74, 6) is -6.61. The van der Waals surface area contributed by atoms with Crippen molar-refractivity contribution >= 4 is 45.6 Å². The summed E-state index contributed by atoms with van der Waals surface area (Å²) in [6.45, 7) is 0. The molecular formula is C8H4Cl2F5N3OS. The molecule has 1 aromatic heterocycles. The number of alkyl halides is 7. The summed E-state index contributed by atoms with van der Waals surface area (Å²) >= 11 is 11.1. The Labute approximate surface area is 122 Å². The first-order valence-corrected chi connectivity index (χ1v) is 6.49. The molecule has 1 atom stereocenters. The Morgan fingerprint density at radius 2 is 1.85 bits per heavy atom. The number of carbonyl (C=O) groups is 1. The van der Waals surface area contributed by atoms with Gasteiger partial charge >= 0.3 is 12.1 Å². The van der Waals surface area contributed by atoms with Crippen LogP contribution in [0, 0.1) is 5.92 Å². The highest BCUT2D eigenvalue weighted by Gasteiger charge is 2.61. The monoisotopic (exact) mass is 355 g/mol. The van der Waals surface area contributed by atoms with Crippen LogP contribution in [0.25, 0.3) is 0 Å². The van der Waals surface area contributed by atoms with Crippen LogP contribution in [0.4, 0.5) is 27.1 Å². The van der Waals surface area contributed by atoms with E-state index in [1.807, 2.05) is 5.32 Å². The number of anilines is 1. The Kier molecular flexibility index (Phi) is 3.63. The lowest BCUT2D eigenvalue weighted by Gasteiger charge is -2.15. The molecule has 1 fully saturated rings. The molecule has 112 valence electrons. The van der Waals surface area contributed by atoms with E-state index in [-0.39, 0.29) is 17.8 Å². The van der Waals surface area contributed by atoms with E-state index in [0.717, 1.165) is 0 Å². The third kappa shape index (κ3) is 2.82. The first kappa shape index (κ1) is 15.6. The molecule has 0 aliphatic heterocycles. The van der Waals surface area contributed by atoms with Crippen molar-refractivity contribution < 1.29 is 26.7 Å². The minimum absolute atomic E-state index is 0.0700.